The fourth-order valence-corrected chi connectivity index (χ4v) is 2.12. The Kier molecular flexibility index (Phi) is 6.25. The first-order valence-electron chi connectivity index (χ1n) is 7.38. The van der Waals surface area contributed by atoms with Gasteiger partial charge in [0.25, 0.3) is 0 Å². The summed E-state index contributed by atoms with van der Waals surface area (Å²) < 4.78 is 10.8. The van der Waals surface area contributed by atoms with Crippen LogP contribution >= 0.6 is 0 Å². The van der Waals surface area contributed by atoms with E-state index >= 15 is 0 Å². The molecule has 0 aliphatic heterocycles. The van der Waals surface area contributed by atoms with Gasteiger partial charge in [-0.3, -0.25) is 0 Å². The first-order chi connectivity index (χ1) is 10.7. The van der Waals surface area contributed by atoms with E-state index in [0.29, 0.717) is 13.1 Å². The smallest absolute Gasteiger partial charge is 0.119 e. The molecule has 0 saturated carbocycles. The number of hydrogen-bond donors (Lipinski definition) is 2. The summed E-state index contributed by atoms with van der Waals surface area (Å²) in [5.41, 5.74) is 2.26. The van der Waals surface area contributed by atoms with Crippen molar-refractivity contribution < 1.29 is 14.6 Å². The van der Waals surface area contributed by atoms with E-state index in [1.165, 1.54) is 0 Å². The molecule has 0 bridgehead atoms. The van der Waals surface area contributed by atoms with E-state index in [0.717, 1.165) is 22.6 Å². The lowest BCUT2D eigenvalue weighted by molar-refractivity contribution is 0.106. The number of aryl methyl sites for hydroxylation is 1. The van der Waals surface area contributed by atoms with Gasteiger partial charge in [-0.2, -0.15) is 0 Å². The molecule has 0 aromatic heterocycles. The molecule has 2 rings (SSSR count). The number of ether oxygens (including phenoxy) is 2. The van der Waals surface area contributed by atoms with Gasteiger partial charge in [0.2, 0.25) is 0 Å². The summed E-state index contributed by atoms with van der Waals surface area (Å²) in [6.45, 7) is 3.44. The molecule has 1 atom stereocenters. The van der Waals surface area contributed by atoms with Crippen molar-refractivity contribution in [2.24, 2.45) is 0 Å². The van der Waals surface area contributed by atoms with Crippen LogP contribution in [0.4, 0.5) is 0 Å². The third-order valence-electron chi connectivity index (χ3n) is 3.28. The zero-order valence-corrected chi connectivity index (χ0v) is 13.1. The van der Waals surface area contributed by atoms with Crippen molar-refractivity contribution in [2.45, 2.75) is 19.6 Å². The van der Waals surface area contributed by atoms with Crippen molar-refractivity contribution in [3.05, 3.63) is 59.7 Å². The van der Waals surface area contributed by atoms with Crippen LogP contribution < -0.4 is 14.8 Å². The molecule has 0 amide bonds. The Labute approximate surface area is 131 Å². The highest BCUT2D eigenvalue weighted by molar-refractivity contribution is 5.28. The van der Waals surface area contributed by atoms with Crippen molar-refractivity contribution >= 4 is 0 Å². The summed E-state index contributed by atoms with van der Waals surface area (Å²) in [4.78, 5) is 0. The molecule has 0 spiro atoms. The molecule has 2 N–H and O–H groups in total. The fourth-order valence-electron chi connectivity index (χ4n) is 2.12. The van der Waals surface area contributed by atoms with Crippen molar-refractivity contribution in [3.63, 3.8) is 0 Å². The normalized spacial score (nSPS) is 12.0. The topological polar surface area (TPSA) is 50.7 Å². The zero-order chi connectivity index (χ0) is 15.8. The number of rotatable bonds is 8. The molecule has 4 heteroatoms. The van der Waals surface area contributed by atoms with Gasteiger partial charge in [-0.05, 0) is 42.3 Å². The summed E-state index contributed by atoms with van der Waals surface area (Å²) in [6.07, 6.45) is -0.550. The van der Waals surface area contributed by atoms with Crippen LogP contribution in [0.3, 0.4) is 0 Å². The SMILES string of the molecule is COc1cccc(CNCC(O)COc2cccc(C)c2)c1. The number of nitrogens with one attached hydrogen (secondary N) is 1. The van der Waals surface area contributed by atoms with Crippen molar-refractivity contribution in [2.75, 3.05) is 20.3 Å². The predicted molar refractivity (Wildman–Crippen MR) is 87.4 cm³/mol. The maximum absolute atomic E-state index is 9.95. The average molecular weight is 301 g/mol. The molecule has 4 nitrogen and oxygen atoms in total. The Hall–Kier alpha value is -2.04. The Morgan fingerprint density at radius 1 is 1.09 bits per heavy atom. The second-order valence-corrected chi connectivity index (χ2v) is 5.26. The third kappa shape index (κ3) is 5.39. The molecule has 1 unspecified atom stereocenters. The summed E-state index contributed by atoms with van der Waals surface area (Å²) in [5.74, 6) is 1.62. The molecule has 118 valence electrons. The first-order valence-corrected chi connectivity index (χ1v) is 7.38. The molecule has 0 radical (unpaired) electrons. The number of aliphatic hydroxyl groups excluding tert-OH is 1. The lowest BCUT2D eigenvalue weighted by atomic mass is 10.2. The van der Waals surface area contributed by atoms with E-state index < -0.39 is 6.10 Å². The van der Waals surface area contributed by atoms with Gasteiger partial charge in [-0.15, -0.1) is 0 Å². The van der Waals surface area contributed by atoms with Gasteiger partial charge in [0.1, 0.15) is 24.2 Å². The minimum atomic E-state index is -0.550. The number of benzene rings is 2. The summed E-state index contributed by atoms with van der Waals surface area (Å²) in [6, 6.07) is 15.7. The molecule has 22 heavy (non-hydrogen) atoms. The van der Waals surface area contributed by atoms with Gasteiger partial charge in [-0.25, -0.2) is 0 Å². The van der Waals surface area contributed by atoms with Gasteiger partial charge in [0, 0.05) is 13.1 Å². The van der Waals surface area contributed by atoms with Gasteiger partial charge in [0.05, 0.1) is 7.11 Å². The highest BCUT2D eigenvalue weighted by Crippen LogP contribution is 2.13. The van der Waals surface area contributed by atoms with Crippen LogP contribution in [-0.4, -0.2) is 31.5 Å². The van der Waals surface area contributed by atoms with Crippen molar-refractivity contribution in [1.82, 2.24) is 5.32 Å². The van der Waals surface area contributed by atoms with E-state index in [9.17, 15) is 5.11 Å². The predicted octanol–water partition coefficient (Wildman–Crippen LogP) is 2.53. The zero-order valence-electron chi connectivity index (χ0n) is 13.1. The van der Waals surface area contributed by atoms with Crippen LogP contribution in [0.1, 0.15) is 11.1 Å². The fraction of sp³-hybridized carbons (Fsp3) is 0.333. The number of methoxy groups -OCH3 is 1. The summed E-state index contributed by atoms with van der Waals surface area (Å²) in [5, 5.41) is 13.2. The molecule has 0 fully saturated rings. The minimum Gasteiger partial charge on any atom is -0.497 e. The van der Waals surface area contributed by atoms with Crippen LogP contribution in [0.2, 0.25) is 0 Å². The molecule has 0 saturated heterocycles. The van der Waals surface area contributed by atoms with Crippen LogP contribution in [0.15, 0.2) is 48.5 Å². The second kappa shape index (κ2) is 8.41. The molecule has 2 aromatic carbocycles. The Morgan fingerprint density at radius 3 is 2.64 bits per heavy atom. The monoisotopic (exact) mass is 301 g/mol. The van der Waals surface area contributed by atoms with Crippen LogP contribution in [0.25, 0.3) is 0 Å². The van der Waals surface area contributed by atoms with Gasteiger partial charge in [-0.1, -0.05) is 24.3 Å². The molecule has 0 aliphatic carbocycles. The minimum absolute atomic E-state index is 0.272. The van der Waals surface area contributed by atoms with E-state index in [4.69, 9.17) is 9.47 Å². The van der Waals surface area contributed by atoms with Gasteiger partial charge >= 0.3 is 0 Å². The largest absolute Gasteiger partial charge is 0.497 e. The third-order valence-corrected chi connectivity index (χ3v) is 3.28. The van der Waals surface area contributed by atoms with Gasteiger partial charge < -0.3 is 19.9 Å². The van der Waals surface area contributed by atoms with E-state index in [1.54, 1.807) is 7.11 Å². The molecular weight excluding hydrogens is 278 g/mol. The standard InChI is InChI=1S/C18H23NO3/c1-14-5-3-8-18(9-14)22-13-16(20)12-19-11-15-6-4-7-17(10-15)21-2/h3-10,16,19-20H,11-13H2,1-2H3. The summed E-state index contributed by atoms with van der Waals surface area (Å²) >= 11 is 0. The Bertz CT molecular complexity index is 586. The quantitative estimate of drug-likeness (QED) is 0.787. The Balaban J connectivity index is 1.70. The second-order valence-electron chi connectivity index (χ2n) is 5.26. The van der Waals surface area contributed by atoms with Crippen molar-refractivity contribution in [1.29, 1.82) is 0 Å². The van der Waals surface area contributed by atoms with Crippen LogP contribution in [0, 0.1) is 6.92 Å². The van der Waals surface area contributed by atoms with Crippen molar-refractivity contribution in [3.8, 4) is 11.5 Å². The average Bonchev–Trinajstić information content (AvgIpc) is 2.53. The van der Waals surface area contributed by atoms with Gasteiger partial charge in [0.15, 0.2) is 0 Å². The number of aliphatic hydroxyl groups is 1. The highest BCUT2D eigenvalue weighted by Gasteiger charge is 2.05. The van der Waals surface area contributed by atoms with Crippen LogP contribution in [0.5, 0.6) is 11.5 Å². The maximum atomic E-state index is 9.95. The Morgan fingerprint density at radius 2 is 1.86 bits per heavy atom. The van der Waals surface area contributed by atoms with E-state index in [-0.39, 0.29) is 6.61 Å². The first kappa shape index (κ1) is 16.3. The molecule has 0 aliphatic rings. The summed E-state index contributed by atoms with van der Waals surface area (Å²) in [7, 11) is 1.65. The van der Waals surface area contributed by atoms with E-state index in [1.807, 2.05) is 55.5 Å². The maximum Gasteiger partial charge on any atom is 0.119 e. The molecule has 2 aromatic rings. The van der Waals surface area contributed by atoms with E-state index in [2.05, 4.69) is 5.32 Å². The molecule has 0 heterocycles. The molecular formula is C18H23NO3. The number of hydrogen-bond acceptors (Lipinski definition) is 4. The van der Waals surface area contributed by atoms with Crippen LogP contribution in [-0.2, 0) is 6.54 Å². The highest BCUT2D eigenvalue weighted by atomic mass is 16.5. The lowest BCUT2D eigenvalue weighted by Crippen LogP contribution is -2.31. The lowest BCUT2D eigenvalue weighted by Gasteiger charge is -2.14.